The number of thiophene rings is 1. The molecule has 0 aliphatic heterocycles. The van der Waals surface area contributed by atoms with Crippen molar-refractivity contribution in [2.45, 2.75) is 17.7 Å². The Hall–Kier alpha value is -2.13. The monoisotopic (exact) mass is 438 g/mol. The molecular weight excluding hydrogens is 420 g/mol. The van der Waals surface area contributed by atoms with Crippen LogP contribution in [0.25, 0.3) is 0 Å². The predicted octanol–water partition coefficient (Wildman–Crippen LogP) is 4.16. The van der Waals surface area contributed by atoms with Gasteiger partial charge in [0.15, 0.2) is 0 Å². The molecule has 28 heavy (non-hydrogen) atoms. The maximum atomic E-state index is 13.0. The van der Waals surface area contributed by atoms with Gasteiger partial charge in [-0.1, -0.05) is 29.3 Å². The number of furan rings is 1. The lowest BCUT2D eigenvalue weighted by atomic mass is 10.2. The van der Waals surface area contributed by atoms with Gasteiger partial charge in [-0.3, -0.25) is 4.79 Å². The largest absolute Gasteiger partial charge is 0.467 e. The molecular formula is C19H19ClN2O4S2. The van der Waals surface area contributed by atoms with E-state index in [0.29, 0.717) is 15.8 Å². The first-order valence-corrected chi connectivity index (χ1v) is 11.0. The molecule has 9 heteroatoms. The Kier molecular flexibility index (Phi) is 6.24. The number of aryl methyl sites for hydroxylation is 1. The zero-order valence-electron chi connectivity index (χ0n) is 15.3. The van der Waals surface area contributed by atoms with Crippen LogP contribution in [-0.4, -0.2) is 32.2 Å². The number of sulfonamides is 1. The van der Waals surface area contributed by atoms with Crippen molar-refractivity contribution in [3.8, 4) is 0 Å². The fourth-order valence-electron chi connectivity index (χ4n) is 2.56. The second-order valence-electron chi connectivity index (χ2n) is 6.21. The van der Waals surface area contributed by atoms with Crippen LogP contribution in [-0.2, 0) is 21.4 Å². The van der Waals surface area contributed by atoms with Gasteiger partial charge in [-0.05, 0) is 43.3 Å². The zero-order valence-corrected chi connectivity index (χ0v) is 17.7. The summed E-state index contributed by atoms with van der Waals surface area (Å²) in [5.74, 6) is 0.235. The van der Waals surface area contributed by atoms with Crippen LogP contribution >= 0.6 is 22.9 Å². The molecule has 0 N–H and O–H groups in total. The summed E-state index contributed by atoms with van der Waals surface area (Å²) >= 11 is 6.81. The summed E-state index contributed by atoms with van der Waals surface area (Å²) in [6.07, 6.45) is 1.53. The van der Waals surface area contributed by atoms with Crippen LogP contribution < -0.4 is 4.90 Å². The number of amides is 1. The first kappa shape index (κ1) is 20.6. The molecule has 0 saturated carbocycles. The van der Waals surface area contributed by atoms with Gasteiger partial charge in [0.05, 0.1) is 23.7 Å². The van der Waals surface area contributed by atoms with Gasteiger partial charge in [-0.15, -0.1) is 11.3 Å². The average Bonchev–Trinajstić information content (AvgIpc) is 3.32. The molecule has 1 aromatic carbocycles. The number of likely N-dealkylation sites (N-methyl/N-ethyl adjacent to an activating group) is 1. The van der Waals surface area contributed by atoms with Crippen molar-refractivity contribution in [2.75, 3.05) is 18.5 Å². The molecule has 3 rings (SSSR count). The molecule has 148 valence electrons. The van der Waals surface area contributed by atoms with Crippen LogP contribution in [0, 0.1) is 6.92 Å². The summed E-state index contributed by atoms with van der Waals surface area (Å²) in [5.41, 5.74) is 1.72. The quantitative estimate of drug-likeness (QED) is 0.555. The highest BCUT2D eigenvalue weighted by Gasteiger charge is 2.27. The Morgan fingerprint density at radius 2 is 1.86 bits per heavy atom. The van der Waals surface area contributed by atoms with E-state index in [4.69, 9.17) is 16.0 Å². The van der Waals surface area contributed by atoms with Crippen LogP contribution in [0.5, 0.6) is 0 Å². The number of carbonyl (C=O) groups excluding carboxylic acids is 1. The summed E-state index contributed by atoms with van der Waals surface area (Å²) < 4.78 is 32.2. The fraction of sp³-hybridized carbons (Fsp3) is 0.211. The van der Waals surface area contributed by atoms with Crippen molar-refractivity contribution in [3.05, 3.63) is 70.5 Å². The molecule has 0 unspecified atom stereocenters. The third-order valence-corrected chi connectivity index (χ3v) is 7.61. The molecule has 0 fully saturated rings. The number of rotatable bonds is 7. The smallest absolute Gasteiger partial charge is 0.252 e. The van der Waals surface area contributed by atoms with E-state index in [2.05, 4.69) is 0 Å². The first-order chi connectivity index (χ1) is 13.3. The molecule has 2 aromatic heterocycles. The Morgan fingerprint density at radius 3 is 2.43 bits per heavy atom. The number of hydrogen-bond acceptors (Lipinski definition) is 5. The van der Waals surface area contributed by atoms with Gasteiger partial charge in [0.25, 0.3) is 10.0 Å². The van der Waals surface area contributed by atoms with E-state index >= 15 is 0 Å². The van der Waals surface area contributed by atoms with Gasteiger partial charge in [-0.2, -0.15) is 4.31 Å². The number of hydrogen-bond donors (Lipinski definition) is 0. The Bertz CT molecular complexity index is 1040. The molecule has 0 radical (unpaired) electrons. The highest BCUT2D eigenvalue weighted by Crippen LogP contribution is 2.28. The third-order valence-electron chi connectivity index (χ3n) is 4.11. The van der Waals surface area contributed by atoms with Gasteiger partial charge in [0.2, 0.25) is 5.91 Å². The van der Waals surface area contributed by atoms with Crippen molar-refractivity contribution in [3.63, 3.8) is 0 Å². The lowest BCUT2D eigenvalue weighted by molar-refractivity contribution is -0.118. The van der Waals surface area contributed by atoms with Crippen molar-refractivity contribution >= 4 is 44.6 Å². The number of nitrogens with zero attached hydrogens (tertiary/aromatic N) is 2. The van der Waals surface area contributed by atoms with E-state index in [1.165, 1.54) is 30.3 Å². The number of anilines is 1. The summed E-state index contributed by atoms with van der Waals surface area (Å²) in [7, 11) is -2.43. The van der Waals surface area contributed by atoms with Crippen LogP contribution in [0.2, 0.25) is 4.34 Å². The number of benzene rings is 1. The third kappa shape index (κ3) is 4.64. The van der Waals surface area contributed by atoms with Crippen LogP contribution in [0.3, 0.4) is 0 Å². The van der Waals surface area contributed by atoms with E-state index in [-0.39, 0.29) is 23.2 Å². The normalized spacial score (nSPS) is 11.7. The summed E-state index contributed by atoms with van der Waals surface area (Å²) in [6.45, 7) is 1.84. The Balaban J connectivity index is 1.83. The zero-order chi connectivity index (χ0) is 20.3. The fourth-order valence-corrected chi connectivity index (χ4v) is 5.37. The highest BCUT2D eigenvalue weighted by atomic mass is 35.5. The van der Waals surface area contributed by atoms with Gasteiger partial charge < -0.3 is 9.32 Å². The first-order valence-electron chi connectivity index (χ1n) is 8.38. The Labute approximate surface area is 173 Å². The summed E-state index contributed by atoms with van der Waals surface area (Å²) in [6, 6.07) is 13.9. The molecule has 0 spiro atoms. The minimum absolute atomic E-state index is 0.0979. The second-order valence-corrected chi connectivity index (χ2v) is 10.2. The molecule has 0 aliphatic rings. The summed E-state index contributed by atoms with van der Waals surface area (Å²) in [5, 5.41) is 0. The molecule has 1 amide bonds. The lowest BCUT2D eigenvalue weighted by Gasteiger charge is -2.24. The maximum Gasteiger partial charge on any atom is 0.252 e. The van der Waals surface area contributed by atoms with Gasteiger partial charge >= 0.3 is 0 Å². The molecule has 0 saturated heterocycles. The van der Waals surface area contributed by atoms with E-state index in [0.717, 1.165) is 21.2 Å². The Morgan fingerprint density at radius 1 is 1.14 bits per heavy atom. The highest BCUT2D eigenvalue weighted by molar-refractivity contribution is 7.91. The minimum Gasteiger partial charge on any atom is -0.467 e. The SMILES string of the molecule is Cc1ccc(N(Cc2ccco2)C(=O)CN(C)S(=O)(=O)c2ccc(Cl)s2)cc1. The molecule has 0 bridgehead atoms. The average molecular weight is 439 g/mol. The van der Waals surface area contributed by atoms with Gasteiger partial charge in [0, 0.05) is 12.7 Å². The lowest BCUT2D eigenvalue weighted by Crippen LogP contribution is -2.40. The molecule has 0 aliphatic carbocycles. The maximum absolute atomic E-state index is 13.0. The number of carbonyl (C=O) groups is 1. The van der Waals surface area contributed by atoms with Crippen LogP contribution in [0.4, 0.5) is 5.69 Å². The summed E-state index contributed by atoms with van der Waals surface area (Å²) in [4.78, 5) is 14.5. The standard InChI is InChI=1S/C19H19ClN2O4S2/c1-14-5-7-15(8-6-14)22(12-16-4-3-11-26-16)18(23)13-21(2)28(24,25)19-10-9-17(20)27-19/h3-11H,12-13H2,1-2H3. The van der Waals surface area contributed by atoms with Crippen LogP contribution in [0.15, 0.2) is 63.4 Å². The van der Waals surface area contributed by atoms with Crippen molar-refractivity contribution < 1.29 is 17.6 Å². The van der Waals surface area contributed by atoms with E-state index in [1.807, 2.05) is 31.2 Å². The van der Waals surface area contributed by atoms with Crippen molar-refractivity contribution in [2.24, 2.45) is 0 Å². The topological polar surface area (TPSA) is 70.8 Å². The molecule has 6 nitrogen and oxygen atoms in total. The van der Waals surface area contributed by atoms with Gasteiger partial charge in [0.1, 0.15) is 9.97 Å². The second kappa shape index (κ2) is 8.48. The van der Waals surface area contributed by atoms with E-state index < -0.39 is 10.0 Å². The number of halogens is 1. The van der Waals surface area contributed by atoms with Gasteiger partial charge in [-0.25, -0.2) is 8.42 Å². The molecule has 2 heterocycles. The van der Waals surface area contributed by atoms with E-state index in [9.17, 15) is 13.2 Å². The molecule has 3 aromatic rings. The van der Waals surface area contributed by atoms with Crippen molar-refractivity contribution in [1.82, 2.24) is 4.31 Å². The van der Waals surface area contributed by atoms with E-state index in [1.54, 1.807) is 12.1 Å². The van der Waals surface area contributed by atoms with Crippen molar-refractivity contribution in [1.29, 1.82) is 0 Å². The minimum atomic E-state index is -3.80. The van der Waals surface area contributed by atoms with Crippen LogP contribution in [0.1, 0.15) is 11.3 Å². The predicted molar refractivity (Wildman–Crippen MR) is 110 cm³/mol. The molecule has 0 atom stereocenters.